The zero-order valence-electron chi connectivity index (χ0n) is 12.0. The number of methoxy groups -OCH3 is 1. The van der Waals surface area contributed by atoms with Crippen LogP contribution in [0.2, 0.25) is 0 Å². The van der Waals surface area contributed by atoms with Gasteiger partial charge in [0.15, 0.2) is 0 Å². The Morgan fingerprint density at radius 1 is 1.41 bits per heavy atom. The lowest BCUT2D eigenvalue weighted by atomic mass is 10.1. The van der Waals surface area contributed by atoms with E-state index in [-0.39, 0.29) is 6.04 Å². The molecule has 1 aliphatic heterocycles. The van der Waals surface area contributed by atoms with Crippen molar-refractivity contribution >= 4 is 6.09 Å². The van der Waals surface area contributed by atoms with Crippen LogP contribution in [0.1, 0.15) is 36.3 Å². The first kappa shape index (κ1) is 13.1. The minimum absolute atomic E-state index is 0.205. The van der Waals surface area contributed by atoms with Crippen LogP contribution < -0.4 is 10.1 Å². The molecule has 0 saturated heterocycles. The number of fused-ring (bicyclic) bond motifs is 1. The van der Waals surface area contributed by atoms with Gasteiger partial charge in [0, 0.05) is 17.0 Å². The average molecular weight is 301 g/mol. The summed E-state index contributed by atoms with van der Waals surface area (Å²) in [5.41, 5.74) is 1.76. The van der Waals surface area contributed by atoms with Gasteiger partial charge in [-0.25, -0.2) is 4.79 Å². The molecule has 1 aliphatic carbocycles. The summed E-state index contributed by atoms with van der Waals surface area (Å²) < 4.78 is 15.5. The first-order chi connectivity index (χ1) is 10.7. The van der Waals surface area contributed by atoms with Gasteiger partial charge in [-0.15, -0.1) is 0 Å². The number of benzene rings is 1. The van der Waals surface area contributed by atoms with Crippen LogP contribution in [0.5, 0.6) is 5.75 Å². The van der Waals surface area contributed by atoms with Crippen LogP contribution >= 0.6 is 0 Å². The molecule has 2 heterocycles. The van der Waals surface area contributed by atoms with Crippen molar-refractivity contribution in [2.24, 2.45) is 0 Å². The molecule has 0 spiro atoms. The van der Waals surface area contributed by atoms with Crippen molar-refractivity contribution in [3.63, 3.8) is 0 Å². The molecule has 2 aliphatic rings. The molecule has 0 radical (unpaired) electrons. The molecule has 7 nitrogen and oxygen atoms in total. The first-order valence-electron chi connectivity index (χ1n) is 7.20. The molecule has 1 saturated carbocycles. The molecule has 1 atom stereocenters. The zero-order chi connectivity index (χ0) is 15.1. The van der Waals surface area contributed by atoms with Gasteiger partial charge in [-0.1, -0.05) is 17.3 Å². The highest BCUT2D eigenvalue weighted by atomic mass is 16.5. The van der Waals surface area contributed by atoms with Crippen molar-refractivity contribution in [2.45, 2.75) is 24.8 Å². The molecule has 2 aromatic rings. The third kappa shape index (κ3) is 2.28. The number of carbonyl (C=O) groups is 1. The number of amides is 1. The number of alkyl carbamates (subject to hydrolysis) is 1. The third-order valence-corrected chi connectivity index (χ3v) is 3.90. The molecule has 114 valence electrons. The van der Waals surface area contributed by atoms with Crippen molar-refractivity contribution in [1.82, 2.24) is 15.5 Å². The van der Waals surface area contributed by atoms with Crippen LogP contribution in [-0.4, -0.2) is 30.0 Å². The van der Waals surface area contributed by atoms with Gasteiger partial charge in [0.2, 0.25) is 11.7 Å². The standard InChI is InChI=1S/C15H15N3O4/c1-20-15(19)16-11-7-21-12-6-9(4-5-10(11)12)13-17-14(22-18-13)8-2-3-8/h4-6,8,11H,2-3,7H2,1H3,(H,16,19)/t11-/m1/s1. The molecule has 1 aromatic carbocycles. The number of ether oxygens (including phenoxy) is 2. The topological polar surface area (TPSA) is 86.5 Å². The van der Waals surface area contributed by atoms with E-state index in [1.54, 1.807) is 0 Å². The fourth-order valence-corrected chi connectivity index (χ4v) is 2.52. The summed E-state index contributed by atoms with van der Waals surface area (Å²) >= 11 is 0. The molecule has 0 unspecified atom stereocenters. The van der Waals surface area contributed by atoms with Crippen LogP contribution in [-0.2, 0) is 4.74 Å². The van der Waals surface area contributed by atoms with Crippen LogP contribution in [0.15, 0.2) is 22.7 Å². The maximum Gasteiger partial charge on any atom is 0.407 e. The second-order valence-electron chi connectivity index (χ2n) is 5.48. The van der Waals surface area contributed by atoms with E-state index in [1.165, 1.54) is 7.11 Å². The molecule has 0 bridgehead atoms. The van der Waals surface area contributed by atoms with Gasteiger partial charge in [-0.05, 0) is 18.9 Å². The normalized spacial score (nSPS) is 19.4. The van der Waals surface area contributed by atoms with Gasteiger partial charge in [0.1, 0.15) is 12.4 Å². The maximum absolute atomic E-state index is 11.3. The summed E-state index contributed by atoms with van der Waals surface area (Å²) in [4.78, 5) is 15.7. The molecule has 7 heteroatoms. The number of nitrogens with zero attached hydrogens (tertiary/aromatic N) is 2. The minimum atomic E-state index is -0.474. The molecule has 4 rings (SSSR count). The van der Waals surface area contributed by atoms with Crippen molar-refractivity contribution in [1.29, 1.82) is 0 Å². The van der Waals surface area contributed by atoms with Gasteiger partial charge in [0.25, 0.3) is 0 Å². The quantitative estimate of drug-likeness (QED) is 0.936. The van der Waals surface area contributed by atoms with E-state index in [0.29, 0.717) is 24.2 Å². The SMILES string of the molecule is COC(=O)N[C@@H]1COc2cc(-c3noc(C4CC4)n3)ccc21. The monoisotopic (exact) mass is 301 g/mol. The number of carbonyl (C=O) groups excluding carboxylic acids is 1. The van der Waals surface area contributed by atoms with E-state index in [2.05, 4.69) is 20.2 Å². The Kier molecular flexibility index (Phi) is 2.99. The summed E-state index contributed by atoms with van der Waals surface area (Å²) in [6.07, 6.45) is 1.77. The molecular formula is C15H15N3O4. The second-order valence-corrected chi connectivity index (χ2v) is 5.48. The summed E-state index contributed by atoms with van der Waals surface area (Å²) in [5, 5.41) is 6.76. The van der Waals surface area contributed by atoms with Crippen molar-refractivity contribution in [3.05, 3.63) is 29.7 Å². The Morgan fingerprint density at radius 3 is 3.05 bits per heavy atom. The fourth-order valence-electron chi connectivity index (χ4n) is 2.52. The van der Waals surface area contributed by atoms with Crippen LogP contribution in [0.3, 0.4) is 0 Å². The maximum atomic E-state index is 11.3. The van der Waals surface area contributed by atoms with E-state index in [1.807, 2.05) is 18.2 Å². The molecule has 1 aromatic heterocycles. The Morgan fingerprint density at radius 2 is 2.27 bits per heavy atom. The van der Waals surface area contributed by atoms with Crippen molar-refractivity contribution in [2.75, 3.05) is 13.7 Å². The Labute approximate surface area is 126 Å². The van der Waals surface area contributed by atoms with Crippen LogP contribution in [0.25, 0.3) is 11.4 Å². The van der Waals surface area contributed by atoms with E-state index < -0.39 is 6.09 Å². The van der Waals surface area contributed by atoms with Crippen molar-refractivity contribution < 1.29 is 18.8 Å². The van der Waals surface area contributed by atoms with E-state index >= 15 is 0 Å². The van der Waals surface area contributed by atoms with Crippen LogP contribution in [0.4, 0.5) is 4.79 Å². The smallest absolute Gasteiger partial charge is 0.407 e. The van der Waals surface area contributed by atoms with E-state index in [9.17, 15) is 4.79 Å². The van der Waals surface area contributed by atoms with Gasteiger partial charge in [-0.3, -0.25) is 0 Å². The van der Waals surface area contributed by atoms with Gasteiger partial charge in [0.05, 0.1) is 13.2 Å². The summed E-state index contributed by atoms with van der Waals surface area (Å²) in [5.74, 6) is 2.43. The predicted octanol–water partition coefficient (Wildman–Crippen LogP) is 2.40. The van der Waals surface area contributed by atoms with E-state index in [0.717, 1.165) is 29.7 Å². The summed E-state index contributed by atoms with van der Waals surface area (Å²) in [6, 6.07) is 5.48. The van der Waals surface area contributed by atoms with Crippen molar-refractivity contribution in [3.8, 4) is 17.1 Å². The highest BCUT2D eigenvalue weighted by Crippen LogP contribution is 2.40. The average Bonchev–Trinajstić information content (AvgIpc) is 3.14. The minimum Gasteiger partial charge on any atom is -0.491 e. The highest BCUT2D eigenvalue weighted by molar-refractivity contribution is 5.69. The zero-order valence-corrected chi connectivity index (χ0v) is 12.0. The lowest BCUT2D eigenvalue weighted by molar-refractivity contribution is 0.164. The second kappa shape index (κ2) is 5.01. The number of aromatic nitrogens is 2. The Hall–Kier alpha value is -2.57. The van der Waals surface area contributed by atoms with Crippen LogP contribution in [0, 0.1) is 0 Å². The third-order valence-electron chi connectivity index (χ3n) is 3.90. The van der Waals surface area contributed by atoms with Gasteiger partial charge in [-0.2, -0.15) is 4.98 Å². The number of hydrogen-bond donors (Lipinski definition) is 1. The predicted molar refractivity (Wildman–Crippen MR) is 75.5 cm³/mol. The van der Waals surface area contributed by atoms with E-state index in [4.69, 9.17) is 9.26 Å². The molecular weight excluding hydrogens is 286 g/mol. The Bertz CT molecular complexity index is 723. The lowest BCUT2D eigenvalue weighted by Crippen LogP contribution is -2.29. The largest absolute Gasteiger partial charge is 0.491 e. The number of rotatable bonds is 3. The first-order valence-corrected chi connectivity index (χ1v) is 7.20. The molecule has 1 amide bonds. The van der Waals surface area contributed by atoms with Gasteiger partial charge < -0.3 is 19.3 Å². The highest BCUT2D eigenvalue weighted by Gasteiger charge is 2.30. The van der Waals surface area contributed by atoms with Gasteiger partial charge >= 0.3 is 6.09 Å². The molecule has 1 fully saturated rings. The molecule has 1 N–H and O–H groups in total. The molecule has 22 heavy (non-hydrogen) atoms. The summed E-state index contributed by atoms with van der Waals surface area (Å²) in [7, 11) is 1.34. The lowest BCUT2D eigenvalue weighted by Gasteiger charge is -2.10. The summed E-state index contributed by atoms with van der Waals surface area (Å²) in [6.45, 7) is 0.382. The number of nitrogens with one attached hydrogen (secondary N) is 1. The number of hydrogen-bond acceptors (Lipinski definition) is 6. The fraction of sp³-hybridized carbons (Fsp3) is 0.400. The Balaban J connectivity index is 1.58.